The zero-order chi connectivity index (χ0) is 19.1. The average molecular weight is 565 g/mol. The summed E-state index contributed by atoms with van der Waals surface area (Å²) in [6.07, 6.45) is 4.23. The maximum atomic E-state index is 5.37. The van der Waals surface area contributed by atoms with E-state index in [1.165, 1.54) is 0 Å². The SMILES string of the molecule is CCNC(=NCCc1ccco1)N1CCN(c2ncc(Br)c(OC)n2)CC1.I. The van der Waals surface area contributed by atoms with Gasteiger partial charge in [0.1, 0.15) is 5.76 Å². The first kappa shape index (κ1) is 22.7. The van der Waals surface area contributed by atoms with Gasteiger partial charge < -0.3 is 24.3 Å². The molecule has 0 atom stereocenters. The minimum atomic E-state index is 0. The molecule has 1 aliphatic heterocycles. The van der Waals surface area contributed by atoms with E-state index in [1.54, 1.807) is 19.6 Å². The highest BCUT2D eigenvalue weighted by molar-refractivity contribution is 14.0. The lowest BCUT2D eigenvalue weighted by Crippen LogP contribution is -2.53. The molecule has 1 fully saturated rings. The molecule has 0 radical (unpaired) electrons. The van der Waals surface area contributed by atoms with Crippen LogP contribution in [0.3, 0.4) is 0 Å². The number of rotatable bonds is 6. The summed E-state index contributed by atoms with van der Waals surface area (Å²) in [4.78, 5) is 18.1. The second-order valence-electron chi connectivity index (χ2n) is 6.07. The van der Waals surface area contributed by atoms with Gasteiger partial charge in [0.15, 0.2) is 5.96 Å². The lowest BCUT2D eigenvalue weighted by Gasteiger charge is -2.36. The summed E-state index contributed by atoms with van der Waals surface area (Å²) in [5.41, 5.74) is 0. The van der Waals surface area contributed by atoms with Crippen LogP contribution in [0.5, 0.6) is 5.88 Å². The molecule has 0 bridgehead atoms. The van der Waals surface area contributed by atoms with Crippen molar-refractivity contribution < 1.29 is 9.15 Å². The second-order valence-corrected chi connectivity index (χ2v) is 6.92. The number of halogens is 2. The van der Waals surface area contributed by atoms with Crippen molar-refractivity contribution in [3.05, 3.63) is 34.8 Å². The number of anilines is 1. The lowest BCUT2D eigenvalue weighted by molar-refractivity contribution is 0.366. The van der Waals surface area contributed by atoms with Gasteiger partial charge in [0.05, 0.1) is 24.0 Å². The maximum Gasteiger partial charge on any atom is 0.232 e. The molecule has 1 saturated heterocycles. The van der Waals surface area contributed by atoms with Gasteiger partial charge in [-0.05, 0) is 35.0 Å². The molecule has 3 heterocycles. The highest BCUT2D eigenvalue weighted by Crippen LogP contribution is 2.23. The Hall–Kier alpha value is -1.56. The van der Waals surface area contributed by atoms with E-state index in [0.717, 1.165) is 55.3 Å². The third-order valence-electron chi connectivity index (χ3n) is 4.29. The van der Waals surface area contributed by atoms with Gasteiger partial charge in [-0.1, -0.05) is 0 Å². The molecule has 1 N–H and O–H groups in total. The second kappa shape index (κ2) is 11.4. The van der Waals surface area contributed by atoms with Crippen LogP contribution in [0.15, 0.2) is 38.5 Å². The minimum absolute atomic E-state index is 0. The first-order valence-electron chi connectivity index (χ1n) is 9.08. The summed E-state index contributed by atoms with van der Waals surface area (Å²) in [6, 6.07) is 3.89. The van der Waals surface area contributed by atoms with Crippen molar-refractivity contribution in [2.24, 2.45) is 4.99 Å². The zero-order valence-corrected chi connectivity index (χ0v) is 20.0. The van der Waals surface area contributed by atoms with Crippen LogP contribution in [0.1, 0.15) is 12.7 Å². The number of nitrogens with one attached hydrogen (secondary N) is 1. The zero-order valence-electron chi connectivity index (χ0n) is 16.1. The topological polar surface area (TPSA) is 79.0 Å². The number of hydrogen-bond donors (Lipinski definition) is 1. The molecule has 154 valence electrons. The predicted octanol–water partition coefficient (Wildman–Crippen LogP) is 2.79. The molecule has 28 heavy (non-hydrogen) atoms. The van der Waals surface area contributed by atoms with Crippen molar-refractivity contribution >= 4 is 51.8 Å². The number of piperazine rings is 1. The molecular formula is C18H26BrIN6O2. The molecule has 2 aromatic rings. The Labute approximate surface area is 190 Å². The van der Waals surface area contributed by atoms with Gasteiger partial charge in [-0.3, -0.25) is 4.99 Å². The highest BCUT2D eigenvalue weighted by Gasteiger charge is 2.22. The first-order chi connectivity index (χ1) is 13.2. The summed E-state index contributed by atoms with van der Waals surface area (Å²) in [6.45, 7) is 6.99. The molecule has 0 unspecified atom stereocenters. The van der Waals surface area contributed by atoms with Crippen molar-refractivity contribution in [2.45, 2.75) is 13.3 Å². The van der Waals surface area contributed by atoms with Crippen LogP contribution in [0.25, 0.3) is 0 Å². The molecule has 2 aromatic heterocycles. The molecule has 0 aliphatic carbocycles. The van der Waals surface area contributed by atoms with Crippen molar-refractivity contribution in [1.29, 1.82) is 0 Å². The summed E-state index contributed by atoms with van der Waals surface area (Å²) >= 11 is 3.39. The predicted molar refractivity (Wildman–Crippen MR) is 124 cm³/mol. The fraction of sp³-hybridized carbons (Fsp3) is 0.500. The molecule has 0 saturated carbocycles. The quantitative estimate of drug-likeness (QED) is 0.328. The van der Waals surface area contributed by atoms with Gasteiger partial charge in [0.2, 0.25) is 11.8 Å². The number of hydrogen-bond acceptors (Lipinski definition) is 6. The number of aromatic nitrogens is 2. The van der Waals surface area contributed by atoms with E-state index < -0.39 is 0 Å². The molecule has 10 heteroatoms. The largest absolute Gasteiger partial charge is 0.480 e. The Morgan fingerprint density at radius 1 is 1.36 bits per heavy atom. The number of guanidine groups is 1. The van der Waals surface area contributed by atoms with Crippen molar-refractivity contribution in [3.8, 4) is 5.88 Å². The Morgan fingerprint density at radius 2 is 2.14 bits per heavy atom. The first-order valence-corrected chi connectivity index (χ1v) is 9.87. The lowest BCUT2D eigenvalue weighted by atomic mass is 10.3. The Bertz CT molecular complexity index is 751. The number of aliphatic imine (C=N–C) groups is 1. The van der Waals surface area contributed by atoms with Crippen molar-refractivity contribution in [1.82, 2.24) is 20.2 Å². The number of furan rings is 1. The van der Waals surface area contributed by atoms with E-state index in [1.807, 2.05) is 12.1 Å². The van der Waals surface area contributed by atoms with Crippen LogP contribution in [0, 0.1) is 0 Å². The molecule has 8 nitrogen and oxygen atoms in total. The van der Waals surface area contributed by atoms with E-state index in [2.05, 4.69) is 47.9 Å². The number of ether oxygens (including phenoxy) is 1. The molecule has 0 amide bonds. The van der Waals surface area contributed by atoms with Crippen LogP contribution >= 0.6 is 39.9 Å². The fourth-order valence-electron chi connectivity index (χ4n) is 2.91. The molecular weight excluding hydrogens is 539 g/mol. The molecule has 1 aliphatic rings. The van der Waals surface area contributed by atoms with Crippen LogP contribution in [-0.2, 0) is 6.42 Å². The summed E-state index contributed by atoms with van der Waals surface area (Å²) < 4.78 is 11.4. The average Bonchev–Trinajstić information content (AvgIpc) is 3.21. The van der Waals surface area contributed by atoms with Gasteiger partial charge in [-0.15, -0.1) is 24.0 Å². The smallest absolute Gasteiger partial charge is 0.232 e. The summed E-state index contributed by atoms with van der Waals surface area (Å²) in [7, 11) is 1.61. The van der Waals surface area contributed by atoms with Gasteiger partial charge in [-0.25, -0.2) is 4.98 Å². The number of methoxy groups -OCH3 is 1. The van der Waals surface area contributed by atoms with E-state index >= 15 is 0 Å². The van der Waals surface area contributed by atoms with Gasteiger partial charge in [0, 0.05) is 45.7 Å². The van der Waals surface area contributed by atoms with Crippen molar-refractivity contribution in [2.75, 3.05) is 51.3 Å². The van der Waals surface area contributed by atoms with Gasteiger partial charge >= 0.3 is 0 Å². The third kappa shape index (κ3) is 5.97. The maximum absolute atomic E-state index is 5.37. The van der Waals surface area contributed by atoms with Crippen LogP contribution in [-0.4, -0.2) is 67.2 Å². The fourth-order valence-corrected chi connectivity index (χ4v) is 3.26. The Balaban J connectivity index is 0.00000280. The van der Waals surface area contributed by atoms with Crippen LogP contribution in [0.2, 0.25) is 0 Å². The van der Waals surface area contributed by atoms with Crippen LogP contribution in [0.4, 0.5) is 5.95 Å². The normalized spacial score (nSPS) is 14.6. The monoisotopic (exact) mass is 564 g/mol. The van der Waals surface area contributed by atoms with E-state index in [-0.39, 0.29) is 24.0 Å². The van der Waals surface area contributed by atoms with E-state index in [0.29, 0.717) is 18.4 Å². The van der Waals surface area contributed by atoms with Gasteiger partial charge in [-0.2, -0.15) is 4.98 Å². The minimum Gasteiger partial charge on any atom is -0.480 e. The molecule has 0 aromatic carbocycles. The standard InChI is InChI=1S/C18H25BrN6O2.HI/c1-3-20-17(21-7-6-14-5-4-12-27-14)24-8-10-25(11-9-24)18-22-13-15(19)16(23-18)26-2;/h4-5,12-13H,3,6-11H2,1-2H3,(H,20,21);1H. The molecule has 3 rings (SSSR count). The van der Waals surface area contributed by atoms with E-state index in [4.69, 9.17) is 14.1 Å². The highest BCUT2D eigenvalue weighted by atomic mass is 127. The number of nitrogens with zero attached hydrogens (tertiary/aromatic N) is 5. The van der Waals surface area contributed by atoms with E-state index in [9.17, 15) is 0 Å². The van der Waals surface area contributed by atoms with Crippen LogP contribution < -0.4 is 15.0 Å². The van der Waals surface area contributed by atoms with Crippen molar-refractivity contribution in [3.63, 3.8) is 0 Å². The third-order valence-corrected chi connectivity index (χ3v) is 4.83. The van der Waals surface area contributed by atoms with Gasteiger partial charge in [0.25, 0.3) is 0 Å². The Morgan fingerprint density at radius 3 is 2.79 bits per heavy atom. The molecule has 0 spiro atoms. The summed E-state index contributed by atoms with van der Waals surface area (Å²) in [5.74, 6) is 3.14. The Kier molecular flexibility index (Phi) is 9.29. The summed E-state index contributed by atoms with van der Waals surface area (Å²) in [5, 5.41) is 3.38.